The fourth-order valence-corrected chi connectivity index (χ4v) is 4.50. The highest BCUT2D eigenvalue weighted by Crippen LogP contribution is 2.28. The van der Waals surface area contributed by atoms with Crippen molar-refractivity contribution in [3.63, 3.8) is 0 Å². The summed E-state index contributed by atoms with van der Waals surface area (Å²) in [6.45, 7) is 3.30. The van der Waals surface area contributed by atoms with Gasteiger partial charge in [0.1, 0.15) is 12.1 Å². The Morgan fingerprint density at radius 3 is 2.80 bits per heavy atom. The second-order valence-corrected chi connectivity index (χ2v) is 7.71. The molecular formula is C17H22N3O4S+. The van der Waals surface area contributed by atoms with Gasteiger partial charge in [-0.05, 0) is 12.5 Å². The first-order valence-electron chi connectivity index (χ1n) is 8.18. The first-order valence-corrected chi connectivity index (χ1v) is 9.23. The summed E-state index contributed by atoms with van der Waals surface area (Å²) in [6, 6.07) is 8.83. The Morgan fingerprint density at radius 2 is 2.12 bits per heavy atom. The maximum Gasteiger partial charge on any atom is 0.329 e. The molecule has 3 rings (SSSR count). The molecule has 2 fully saturated rings. The summed E-state index contributed by atoms with van der Waals surface area (Å²) in [5, 5.41) is 2.55. The number of rotatable bonds is 4. The number of nitrogens with zero attached hydrogens (tertiary/aromatic N) is 1. The Hall–Kier alpha value is -2.06. The Balaban J connectivity index is 1.72. The third kappa shape index (κ3) is 3.36. The number of amides is 3. The summed E-state index contributed by atoms with van der Waals surface area (Å²) in [4.78, 5) is 39.3. The van der Waals surface area contributed by atoms with Gasteiger partial charge < -0.3 is 15.0 Å². The first kappa shape index (κ1) is 17.8. The average Bonchev–Trinajstić information content (AvgIpc) is 2.86. The van der Waals surface area contributed by atoms with Gasteiger partial charge in [0, 0.05) is 5.75 Å². The van der Waals surface area contributed by atoms with Gasteiger partial charge in [-0.1, -0.05) is 30.3 Å². The van der Waals surface area contributed by atoms with Crippen molar-refractivity contribution in [3.05, 3.63) is 35.9 Å². The van der Waals surface area contributed by atoms with E-state index in [4.69, 9.17) is 4.74 Å². The van der Waals surface area contributed by atoms with Crippen LogP contribution in [0, 0.1) is 0 Å². The average molecular weight is 364 g/mol. The lowest BCUT2D eigenvalue weighted by Crippen LogP contribution is -3.16. The fourth-order valence-electron chi connectivity index (χ4n) is 3.23. The van der Waals surface area contributed by atoms with Gasteiger partial charge in [0.25, 0.3) is 5.91 Å². The van der Waals surface area contributed by atoms with Crippen LogP contribution < -0.4 is 10.2 Å². The molecule has 0 bridgehead atoms. The number of quaternary nitrogens is 1. The van der Waals surface area contributed by atoms with Crippen LogP contribution in [0.5, 0.6) is 0 Å². The van der Waals surface area contributed by atoms with Gasteiger partial charge >= 0.3 is 12.0 Å². The van der Waals surface area contributed by atoms with Crippen molar-refractivity contribution in [2.45, 2.75) is 17.7 Å². The molecular weight excluding hydrogens is 342 g/mol. The van der Waals surface area contributed by atoms with Gasteiger partial charge in [-0.3, -0.25) is 9.59 Å². The smallest absolute Gasteiger partial charge is 0.329 e. The van der Waals surface area contributed by atoms with Gasteiger partial charge in [-0.15, -0.1) is 11.8 Å². The van der Waals surface area contributed by atoms with Gasteiger partial charge in [-0.2, -0.15) is 0 Å². The van der Waals surface area contributed by atoms with E-state index in [0.717, 1.165) is 22.8 Å². The third-order valence-electron chi connectivity index (χ3n) is 4.72. The second-order valence-electron chi connectivity index (χ2n) is 6.40. The number of imide groups is 1. The van der Waals surface area contributed by atoms with Crippen molar-refractivity contribution >= 4 is 29.7 Å². The highest BCUT2D eigenvalue weighted by Gasteiger charge is 2.50. The number of ether oxygens (including phenoxy) is 1. The van der Waals surface area contributed by atoms with E-state index >= 15 is 0 Å². The zero-order valence-electron chi connectivity index (χ0n) is 14.3. The molecule has 3 atom stereocenters. The molecule has 7 nitrogen and oxygen atoms in total. The maximum atomic E-state index is 12.9. The SMILES string of the molecule is COC(=O)[C@@H]1C[NH+](CN2C(=O)N[C@](C)(c3ccccc3)C2=O)CCS1. The van der Waals surface area contributed by atoms with Crippen LogP contribution >= 0.6 is 11.8 Å². The molecule has 1 aromatic rings. The number of esters is 1. The number of hydrogen-bond acceptors (Lipinski definition) is 5. The van der Waals surface area contributed by atoms with Crippen molar-refractivity contribution in [2.24, 2.45) is 0 Å². The Kier molecular flexibility index (Phi) is 5.01. The van der Waals surface area contributed by atoms with Crippen LogP contribution in [0.1, 0.15) is 12.5 Å². The summed E-state index contributed by atoms with van der Waals surface area (Å²) in [5.74, 6) is 0.270. The number of thioether (sulfide) groups is 1. The van der Waals surface area contributed by atoms with E-state index in [2.05, 4.69) is 5.32 Å². The molecule has 0 saturated carbocycles. The molecule has 1 aromatic carbocycles. The zero-order chi connectivity index (χ0) is 18.0. The van der Waals surface area contributed by atoms with Gasteiger partial charge in [0.05, 0.1) is 13.7 Å². The number of nitrogens with one attached hydrogen (secondary N) is 2. The van der Waals surface area contributed by atoms with Crippen molar-refractivity contribution in [1.82, 2.24) is 10.2 Å². The van der Waals surface area contributed by atoms with Crippen LogP contribution in [0.3, 0.4) is 0 Å². The van der Waals surface area contributed by atoms with Crippen LogP contribution in [-0.4, -0.2) is 60.7 Å². The minimum absolute atomic E-state index is 0.251. The summed E-state index contributed by atoms with van der Waals surface area (Å²) in [7, 11) is 1.37. The Labute approximate surface area is 150 Å². The van der Waals surface area contributed by atoms with E-state index in [0.29, 0.717) is 6.54 Å². The molecule has 2 heterocycles. The van der Waals surface area contributed by atoms with Crippen LogP contribution in [0.4, 0.5) is 4.79 Å². The predicted molar refractivity (Wildman–Crippen MR) is 93.0 cm³/mol. The molecule has 25 heavy (non-hydrogen) atoms. The summed E-state index contributed by atoms with van der Waals surface area (Å²) >= 11 is 1.56. The molecule has 2 N–H and O–H groups in total. The molecule has 0 spiro atoms. The van der Waals surface area contributed by atoms with Crippen molar-refractivity contribution in [2.75, 3.05) is 32.6 Å². The molecule has 0 radical (unpaired) electrons. The molecule has 0 aliphatic carbocycles. The Morgan fingerprint density at radius 1 is 1.40 bits per heavy atom. The molecule has 1 unspecified atom stereocenters. The number of carbonyl (C=O) groups is 3. The van der Waals surface area contributed by atoms with E-state index in [1.807, 2.05) is 30.3 Å². The quantitative estimate of drug-likeness (QED) is 0.561. The van der Waals surface area contributed by atoms with E-state index in [1.54, 1.807) is 18.7 Å². The molecule has 8 heteroatoms. The number of methoxy groups -OCH3 is 1. The standard InChI is InChI=1S/C17H21N3O4S/c1-17(12-6-4-3-5-7-12)15(22)20(16(23)18-17)11-19-8-9-25-13(10-19)14(21)24-2/h3-7,13H,8-11H2,1-2H3,(H,18,23)/p+1/t13-,17+/m0/s1. The normalized spacial score (nSPS) is 29.4. The molecule has 2 aliphatic heterocycles. The molecule has 134 valence electrons. The lowest BCUT2D eigenvalue weighted by molar-refractivity contribution is -0.905. The van der Waals surface area contributed by atoms with E-state index in [9.17, 15) is 14.4 Å². The van der Waals surface area contributed by atoms with E-state index in [-0.39, 0.29) is 23.8 Å². The van der Waals surface area contributed by atoms with E-state index in [1.165, 1.54) is 12.0 Å². The van der Waals surface area contributed by atoms with Gasteiger partial charge in [0.2, 0.25) is 0 Å². The van der Waals surface area contributed by atoms with Crippen molar-refractivity contribution in [3.8, 4) is 0 Å². The maximum absolute atomic E-state index is 12.9. The number of carbonyl (C=O) groups excluding carboxylic acids is 3. The lowest BCUT2D eigenvalue weighted by Gasteiger charge is -2.30. The zero-order valence-corrected chi connectivity index (χ0v) is 15.1. The van der Waals surface area contributed by atoms with Crippen molar-refractivity contribution < 1.29 is 24.0 Å². The van der Waals surface area contributed by atoms with Crippen molar-refractivity contribution in [1.29, 1.82) is 0 Å². The van der Waals surface area contributed by atoms with Gasteiger partial charge in [0.15, 0.2) is 11.9 Å². The van der Waals surface area contributed by atoms with Crippen LogP contribution in [0.2, 0.25) is 0 Å². The molecule has 2 aliphatic rings. The molecule has 3 amide bonds. The third-order valence-corrected chi connectivity index (χ3v) is 5.92. The van der Waals surface area contributed by atoms with Gasteiger partial charge in [-0.25, -0.2) is 9.69 Å². The van der Waals surface area contributed by atoms with Crippen LogP contribution in [0.25, 0.3) is 0 Å². The highest BCUT2D eigenvalue weighted by atomic mass is 32.2. The second kappa shape index (κ2) is 7.05. The lowest BCUT2D eigenvalue weighted by atomic mass is 9.92. The Bertz CT molecular complexity index is 684. The monoisotopic (exact) mass is 364 g/mol. The summed E-state index contributed by atoms with van der Waals surface area (Å²) < 4.78 is 4.81. The fraction of sp³-hybridized carbons (Fsp3) is 0.471. The number of hydrogen-bond donors (Lipinski definition) is 2. The molecule has 0 aromatic heterocycles. The highest BCUT2D eigenvalue weighted by molar-refractivity contribution is 8.00. The minimum atomic E-state index is -1.05. The summed E-state index contributed by atoms with van der Waals surface area (Å²) in [5.41, 5.74) is -0.295. The summed E-state index contributed by atoms with van der Waals surface area (Å²) in [6.07, 6.45) is 0. The number of benzene rings is 1. The predicted octanol–water partition coefficient (Wildman–Crippen LogP) is -0.416. The topological polar surface area (TPSA) is 80.2 Å². The largest absolute Gasteiger partial charge is 0.468 e. The van der Waals surface area contributed by atoms with E-state index < -0.39 is 11.6 Å². The van der Waals surface area contributed by atoms with Crippen LogP contribution in [-0.2, 0) is 19.9 Å². The van der Waals surface area contributed by atoms with Crippen LogP contribution in [0.15, 0.2) is 30.3 Å². The number of urea groups is 1. The molecule has 2 saturated heterocycles. The minimum Gasteiger partial charge on any atom is -0.468 e. The first-order chi connectivity index (χ1) is 12.0.